The molecule has 0 aliphatic heterocycles. The number of anilines is 1. The summed E-state index contributed by atoms with van der Waals surface area (Å²) in [5, 5.41) is 3.00. The summed E-state index contributed by atoms with van der Waals surface area (Å²) >= 11 is 3.37. The molecule has 0 radical (unpaired) electrons. The lowest BCUT2D eigenvalue weighted by Gasteiger charge is -2.34. The molecule has 2 aromatic carbocycles. The maximum absolute atomic E-state index is 13.4. The van der Waals surface area contributed by atoms with Crippen molar-refractivity contribution in [3.8, 4) is 0 Å². The summed E-state index contributed by atoms with van der Waals surface area (Å²) in [5.41, 5.74) is 0.957. The van der Waals surface area contributed by atoms with E-state index >= 15 is 0 Å². The van der Waals surface area contributed by atoms with Gasteiger partial charge in [-0.1, -0.05) is 54.4 Å². The third-order valence-corrected chi connectivity index (χ3v) is 6.78. The van der Waals surface area contributed by atoms with E-state index in [1.165, 1.54) is 0 Å². The van der Waals surface area contributed by atoms with E-state index in [2.05, 4.69) is 42.0 Å². The summed E-state index contributed by atoms with van der Waals surface area (Å²) in [6.45, 7) is 11.8. The third-order valence-electron chi connectivity index (χ3n) is 4.46. The molecule has 0 spiro atoms. The molecule has 0 saturated heterocycles. The highest BCUT2D eigenvalue weighted by Gasteiger charge is 2.31. The minimum absolute atomic E-state index is 0.0240. The molecule has 0 saturated carbocycles. The lowest BCUT2D eigenvalue weighted by atomic mass is 9.82. The quantitative estimate of drug-likeness (QED) is 0.568. The number of sulfonamides is 1. The Balaban J connectivity index is 2.36. The van der Waals surface area contributed by atoms with E-state index in [-0.39, 0.29) is 22.8 Å². The van der Waals surface area contributed by atoms with Crippen LogP contribution in [0, 0.1) is 12.3 Å². The van der Waals surface area contributed by atoms with Gasteiger partial charge in [-0.25, -0.2) is 8.42 Å². The number of amides is 1. The van der Waals surface area contributed by atoms with Crippen LogP contribution in [-0.2, 0) is 14.8 Å². The molecule has 0 heterocycles. The SMILES string of the molecule is Cc1ccc(S(=O)(=O)N(CC(=O)NC(C)(C)CC(C)(C)C)c2ccc(Br)cc2)cc1. The van der Waals surface area contributed by atoms with Gasteiger partial charge in [-0.2, -0.15) is 0 Å². The maximum atomic E-state index is 13.4. The summed E-state index contributed by atoms with van der Waals surface area (Å²) in [5.74, 6) is -0.345. The summed E-state index contributed by atoms with van der Waals surface area (Å²) in [7, 11) is -3.91. The van der Waals surface area contributed by atoms with Crippen molar-refractivity contribution in [1.82, 2.24) is 5.32 Å². The van der Waals surface area contributed by atoms with E-state index in [0.717, 1.165) is 20.8 Å². The van der Waals surface area contributed by atoms with Crippen LogP contribution < -0.4 is 9.62 Å². The summed E-state index contributed by atoms with van der Waals surface area (Å²) in [6, 6.07) is 13.5. The molecule has 1 amide bonds. The summed E-state index contributed by atoms with van der Waals surface area (Å²) in [4.78, 5) is 13.1. The number of benzene rings is 2. The first kappa shape index (κ1) is 24.4. The standard InChI is InChI=1S/C23H31BrN2O3S/c1-17-7-13-20(14-8-17)30(28,29)26(19-11-9-18(24)10-12-19)15-21(27)25-23(5,6)16-22(2,3)4/h7-14H,15-16H2,1-6H3,(H,25,27). The Kier molecular flexibility index (Phi) is 7.41. The highest BCUT2D eigenvalue weighted by molar-refractivity contribution is 9.10. The number of nitrogens with zero attached hydrogens (tertiary/aromatic N) is 1. The van der Waals surface area contributed by atoms with Crippen LogP contribution in [0.2, 0.25) is 0 Å². The van der Waals surface area contributed by atoms with Crippen LogP contribution >= 0.6 is 15.9 Å². The molecule has 0 aliphatic rings. The van der Waals surface area contributed by atoms with Gasteiger partial charge >= 0.3 is 0 Å². The lowest BCUT2D eigenvalue weighted by Crippen LogP contribution is -2.50. The van der Waals surface area contributed by atoms with Crippen molar-refractivity contribution in [2.45, 2.75) is 58.4 Å². The van der Waals surface area contributed by atoms with Gasteiger partial charge in [0.25, 0.3) is 10.0 Å². The van der Waals surface area contributed by atoms with Crippen molar-refractivity contribution in [1.29, 1.82) is 0 Å². The van der Waals surface area contributed by atoms with Gasteiger partial charge < -0.3 is 5.32 Å². The van der Waals surface area contributed by atoms with Crippen LogP contribution in [0.4, 0.5) is 5.69 Å². The molecule has 0 unspecified atom stereocenters. The second kappa shape index (κ2) is 9.10. The largest absolute Gasteiger partial charge is 0.350 e. The van der Waals surface area contributed by atoms with Gasteiger partial charge in [-0.15, -0.1) is 0 Å². The first-order valence-electron chi connectivity index (χ1n) is 9.86. The molecule has 30 heavy (non-hydrogen) atoms. The van der Waals surface area contributed by atoms with Crippen molar-refractivity contribution in [3.05, 3.63) is 58.6 Å². The highest BCUT2D eigenvalue weighted by Crippen LogP contribution is 2.28. The predicted octanol–water partition coefficient (Wildman–Crippen LogP) is 5.28. The van der Waals surface area contributed by atoms with Gasteiger partial charge in [0.05, 0.1) is 10.6 Å². The van der Waals surface area contributed by atoms with Crippen LogP contribution in [0.1, 0.15) is 46.6 Å². The molecule has 0 aromatic heterocycles. The second-order valence-corrected chi connectivity index (χ2v) is 12.2. The predicted molar refractivity (Wildman–Crippen MR) is 126 cm³/mol. The Morgan fingerprint density at radius 2 is 1.50 bits per heavy atom. The van der Waals surface area contributed by atoms with Crippen LogP contribution in [0.5, 0.6) is 0 Å². The molecule has 0 bridgehead atoms. The number of hydrogen-bond donors (Lipinski definition) is 1. The number of rotatable bonds is 7. The van der Waals surface area contributed by atoms with Crippen molar-refractivity contribution in [3.63, 3.8) is 0 Å². The first-order valence-corrected chi connectivity index (χ1v) is 12.1. The van der Waals surface area contributed by atoms with E-state index in [9.17, 15) is 13.2 Å². The summed E-state index contributed by atoms with van der Waals surface area (Å²) < 4.78 is 28.8. The Bertz CT molecular complexity index is 977. The van der Waals surface area contributed by atoms with Crippen LogP contribution in [-0.4, -0.2) is 26.4 Å². The number of carbonyl (C=O) groups is 1. The van der Waals surface area contributed by atoms with Crippen LogP contribution in [0.3, 0.4) is 0 Å². The van der Waals surface area contributed by atoms with Crippen molar-refractivity contribution in [2.24, 2.45) is 5.41 Å². The zero-order chi connectivity index (χ0) is 22.7. The number of nitrogens with one attached hydrogen (secondary N) is 1. The summed E-state index contributed by atoms with van der Waals surface area (Å²) in [6.07, 6.45) is 0.759. The van der Waals surface area contributed by atoms with Gasteiger partial charge in [0.1, 0.15) is 6.54 Å². The van der Waals surface area contributed by atoms with Crippen LogP contribution in [0.15, 0.2) is 57.9 Å². The molecule has 2 rings (SSSR count). The maximum Gasteiger partial charge on any atom is 0.264 e. The Morgan fingerprint density at radius 3 is 2.00 bits per heavy atom. The first-order chi connectivity index (χ1) is 13.7. The second-order valence-electron chi connectivity index (χ2n) is 9.47. The molecule has 0 fully saturated rings. The Hall–Kier alpha value is -1.86. The lowest BCUT2D eigenvalue weighted by molar-refractivity contribution is -0.121. The molecule has 7 heteroatoms. The molecule has 0 atom stereocenters. The van der Waals surface area contributed by atoms with Crippen molar-refractivity contribution in [2.75, 3.05) is 10.8 Å². The van der Waals surface area contributed by atoms with Gasteiger partial charge in [0, 0.05) is 10.0 Å². The topological polar surface area (TPSA) is 66.5 Å². The van der Waals surface area contributed by atoms with Crippen LogP contribution in [0.25, 0.3) is 0 Å². The molecular weight excluding hydrogens is 464 g/mol. The minimum Gasteiger partial charge on any atom is -0.350 e. The normalized spacial score (nSPS) is 12.5. The average molecular weight is 495 g/mol. The molecular formula is C23H31BrN2O3S. The fraction of sp³-hybridized carbons (Fsp3) is 0.435. The zero-order valence-corrected chi connectivity index (χ0v) is 20.9. The van der Waals surface area contributed by atoms with Gasteiger partial charge in [0.15, 0.2) is 0 Å². The molecule has 0 aliphatic carbocycles. The third kappa shape index (κ3) is 6.84. The minimum atomic E-state index is -3.91. The number of halogens is 1. The van der Waals surface area contributed by atoms with E-state index in [4.69, 9.17) is 0 Å². The molecule has 2 aromatic rings. The number of aryl methyl sites for hydroxylation is 1. The fourth-order valence-corrected chi connectivity index (χ4v) is 5.36. The molecule has 5 nitrogen and oxygen atoms in total. The van der Waals surface area contributed by atoms with Gasteiger partial charge in [-0.05, 0) is 69.0 Å². The van der Waals surface area contributed by atoms with Crippen molar-refractivity contribution >= 4 is 37.5 Å². The van der Waals surface area contributed by atoms with E-state index < -0.39 is 15.6 Å². The van der Waals surface area contributed by atoms with E-state index in [0.29, 0.717) is 5.69 Å². The van der Waals surface area contributed by atoms with E-state index in [1.54, 1.807) is 48.5 Å². The monoisotopic (exact) mass is 494 g/mol. The van der Waals surface area contributed by atoms with Gasteiger partial charge in [0.2, 0.25) is 5.91 Å². The highest BCUT2D eigenvalue weighted by atomic mass is 79.9. The zero-order valence-electron chi connectivity index (χ0n) is 18.5. The Morgan fingerprint density at radius 1 is 0.967 bits per heavy atom. The smallest absolute Gasteiger partial charge is 0.264 e. The van der Waals surface area contributed by atoms with E-state index in [1.807, 2.05) is 20.8 Å². The van der Waals surface area contributed by atoms with Gasteiger partial charge in [-0.3, -0.25) is 9.10 Å². The molecule has 164 valence electrons. The van der Waals surface area contributed by atoms with Crippen molar-refractivity contribution < 1.29 is 13.2 Å². The Labute approximate surface area is 189 Å². The average Bonchev–Trinajstić information content (AvgIpc) is 2.58. The number of carbonyl (C=O) groups excluding carboxylic acids is 1. The molecule has 1 N–H and O–H groups in total. The number of hydrogen-bond acceptors (Lipinski definition) is 3. The fourth-order valence-electron chi connectivity index (χ4n) is 3.68.